The van der Waals surface area contributed by atoms with Crippen molar-refractivity contribution >= 4 is 11.6 Å². The molecule has 0 spiro atoms. The third-order valence-electron chi connectivity index (χ3n) is 3.52. The lowest BCUT2D eigenvalue weighted by Crippen LogP contribution is -2.03. The molecule has 3 aromatic rings. The van der Waals surface area contributed by atoms with Crippen LogP contribution in [0.15, 0.2) is 43.1 Å². The number of ether oxygens (including phenoxy) is 1. The van der Waals surface area contributed by atoms with Crippen molar-refractivity contribution < 1.29 is 4.74 Å². The second-order valence-corrected chi connectivity index (χ2v) is 5.32. The molecule has 0 amide bonds. The molecular formula is C16H17ClN4O. The summed E-state index contributed by atoms with van der Waals surface area (Å²) in [5.41, 5.74) is 1.93. The summed E-state index contributed by atoms with van der Waals surface area (Å²) in [6.07, 6.45) is 8.49. The molecule has 22 heavy (non-hydrogen) atoms. The Bertz CT molecular complexity index is 778. The standard InChI is InChI=1S/C16H17ClN4O/c1-3-16-18-6-7-20(16)9-12-10-21(11-19-12)13-4-5-14(17)15(8-13)22-2/h4-8,10-11H,3,9H2,1-2H3. The number of hydrogen-bond donors (Lipinski definition) is 0. The summed E-state index contributed by atoms with van der Waals surface area (Å²) in [6.45, 7) is 2.80. The Balaban J connectivity index is 1.84. The molecule has 0 unspecified atom stereocenters. The van der Waals surface area contributed by atoms with Crippen LogP contribution in [0.25, 0.3) is 5.69 Å². The molecule has 0 fully saturated rings. The van der Waals surface area contributed by atoms with Gasteiger partial charge < -0.3 is 13.9 Å². The highest BCUT2D eigenvalue weighted by Gasteiger charge is 2.07. The summed E-state index contributed by atoms with van der Waals surface area (Å²) < 4.78 is 9.31. The van der Waals surface area contributed by atoms with Gasteiger partial charge in [0.2, 0.25) is 0 Å². The van der Waals surface area contributed by atoms with Gasteiger partial charge in [0.25, 0.3) is 0 Å². The Morgan fingerprint density at radius 1 is 1.27 bits per heavy atom. The molecule has 5 nitrogen and oxygen atoms in total. The van der Waals surface area contributed by atoms with E-state index in [-0.39, 0.29) is 0 Å². The van der Waals surface area contributed by atoms with E-state index in [1.54, 1.807) is 13.4 Å². The van der Waals surface area contributed by atoms with Crippen LogP contribution in [0.1, 0.15) is 18.4 Å². The summed E-state index contributed by atoms with van der Waals surface area (Å²) in [4.78, 5) is 8.79. The van der Waals surface area contributed by atoms with Crippen molar-refractivity contribution in [3.8, 4) is 11.4 Å². The number of imidazole rings is 2. The molecular weight excluding hydrogens is 300 g/mol. The van der Waals surface area contributed by atoms with Crippen LogP contribution in [0, 0.1) is 0 Å². The van der Waals surface area contributed by atoms with E-state index in [1.165, 1.54) is 0 Å². The predicted octanol–water partition coefficient (Wildman–Crippen LogP) is 3.34. The van der Waals surface area contributed by atoms with E-state index in [1.807, 2.05) is 41.4 Å². The molecule has 0 saturated carbocycles. The summed E-state index contributed by atoms with van der Waals surface area (Å²) in [7, 11) is 1.61. The van der Waals surface area contributed by atoms with E-state index in [9.17, 15) is 0 Å². The van der Waals surface area contributed by atoms with Crippen molar-refractivity contribution in [1.29, 1.82) is 0 Å². The number of rotatable bonds is 5. The molecule has 0 radical (unpaired) electrons. The quantitative estimate of drug-likeness (QED) is 0.725. The number of halogens is 1. The van der Waals surface area contributed by atoms with Gasteiger partial charge in [0.05, 0.1) is 36.4 Å². The fourth-order valence-electron chi connectivity index (χ4n) is 2.37. The van der Waals surface area contributed by atoms with Gasteiger partial charge in [-0.2, -0.15) is 0 Å². The van der Waals surface area contributed by atoms with Crippen LogP contribution in [0.4, 0.5) is 0 Å². The number of aromatic nitrogens is 4. The lowest BCUT2D eigenvalue weighted by molar-refractivity contribution is 0.415. The van der Waals surface area contributed by atoms with Gasteiger partial charge in [0, 0.05) is 31.1 Å². The molecule has 0 aliphatic carbocycles. The first kappa shape index (κ1) is 14.7. The van der Waals surface area contributed by atoms with E-state index in [4.69, 9.17) is 16.3 Å². The molecule has 0 N–H and O–H groups in total. The second-order valence-electron chi connectivity index (χ2n) is 4.92. The highest BCUT2D eigenvalue weighted by Crippen LogP contribution is 2.26. The third-order valence-corrected chi connectivity index (χ3v) is 3.83. The first-order valence-electron chi connectivity index (χ1n) is 7.08. The van der Waals surface area contributed by atoms with Gasteiger partial charge in [-0.1, -0.05) is 18.5 Å². The van der Waals surface area contributed by atoms with Crippen LogP contribution in [-0.2, 0) is 13.0 Å². The van der Waals surface area contributed by atoms with Crippen LogP contribution in [0.5, 0.6) is 5.75 Å². The first-order chi connectivity index (χ1) is 10.7. The Kier molecular flexibility index (Phi) is 4.15. The zero-order chi connectivity index (χ0) is 15.5. The van der Waals surface area contributed by atoms with E-state index in [0.717, 1.165) is 23.6 Å². The number of aryl methyl sites for hydroxylation is 1. The van der Waals surface area contributed by atoms with Crippen LogP contribution < -0.4 is 4.74 Å². The smallest absolute Gasteiger partial charge is 0.139 e. The van der Waals surface area contributed by atoms with Crippen molar-refractivity contribution in [1.82, 2.24) is 19.1 Å². The van der Waals surface area contributed by atoms with Crippen molar-refractivity contribution in [3.63, 3.8) is 0 Å². The molecule has 0 bridgehead atoms. The molecule has 2 aromatic heterocycles. The number of benzene rings is 1. The first-order valence-corrected chi connectivity index (χ1v) is 7.46. The van der Waals surface area contributed by atoms with Gasteiger partial charge >= 0.3 is 0 Å². The highest BCUT2D eigenvalue weighted by molar-refractivity contribution is 6.32. The van der Waals surface area contributed by atoms with Gasteiger partial charge in [-0.15, -0.1) is 0 Å². The maximum Gasteiger partial charge on any atom is 0.139 e. The number of nitrogens with zero attached hydrogens (tertiary/aromatic N) is 4. The second kappa shape index (κ2) is 6.23. The fourth-order valence-corrected chi connectivity index (χ4v) is 2.56. The van der Waals surface area contributed by atoms with E-state index >= 15 is 0 Å². The van der Waals surface area contributed by atoms with Crippen molar-refractivity contribution in [2.75, 3.05) is 7.11 Å². The predicted molar refractivity (Wildman–Crippen MR) is 85.8 cm³/mol. The highest BCUT2D eigenvalue weighted by atomic mass is 35.5. The Labute approximate surface area is 134 Å². The Morgan fingerprint density at radius 2 is 2.14 bits per heavy atom. The Morgan fingerprint density at radius 3 is 2.91 bits per heavy atom. The summed E-state index contributed by atoms with van der Waals surface area (Å²) in [5.74, 6) is 1.71. The lowest BCUT2D eigenvalue weighted by Gasteiger charge is -2.07. The molecule has 0 atom stereocenters. The summed E-state index contributed by atoms with van der Waals surface area (Å²) in [6, 6.07) is 5.65. The molecule has 0 saturated heterocycles. The maximum atomic E-state index is 6.06. The SMILES string of the molecule is CCc1nccn1Cc1cn(-c2ccc(Cl)c(OC)c2)cn1. The molecule has 0 aliphatic heterocycles. The largest absolute Gasteiger partial charge is 0.495 e. The molecule has 3 rings (SSSR count). The van der Waals surface area contributed by atoms with Gasteiger partial charge in [0.15, 0.2) is 0 Å². The molecule has 2 heterocycles. The zero-order valence-corrected chi connectivity index (χ0v) is 13.3. The summed E-state index contributed by atoms with van der Waals surface area (Å²) in [5, 5.41) is 0.595. The van der Waals surface area contributed by atoms with E-state index in [2.05, 4.69) is 21.5 Å². The van der Waals surface area contributed by atoms with Crippen molar-refractivity contribution in [2.24, 2.45) is 0 Å². The van der Waals surface area contributed by atoms with Crippen LogP contribution in [0.3, 0.4) is 0 Å². The van der Waals surface area contributed by atoms with E-state index < -0.39 is 0 Å². The maximum absolute atomic E-state index is 6.06. The topological polar surface area (TPSA) is 44.9 Å². The third kappa shape index (κ3) is 2.85. The zero-order valence-electron chi connectivity index (χ0n) is 12.5. The van der Waals surface area contributed by atoms with Crippen molar-refractivity contribution in [3.05, 3.63) is 59.7 Å². The molecule has 6 heteroatoms. The van der Waals surface area contributed by atoms with Crippen LogP contribution in [0.2, 0.25) is 5.02 Å². The minimum atomic E-state index is 0.595. The molecule has 0 aliphatic rings. The monoisotopic (exact) mass is 316 g/mol. The van der Waals surface area contributed by atoms with E-state index in [0.29, 0.717) is 17.3 Å². The summed E-state index contributed by atoms with van der Waals surface area (Å²) >= 11 is 6.06. The minimum absolute atomic E-state index is 0.595. The number of methoxy groups -OCH3 is 1. The average Bonchev–Trinajstić information content (AvgIpc) is 3.17. The van der Waals surface area contributed by atoms with Crippen LogP contribution in [-0.4, -0.2) is 26.2 Å². The van der Waals surface area contributed by atoms with Gasteiger partial charge in [0.1, 0.15) is 11.6 Å². The number of hydrogen-bond acceptors (Lipinski definition) is 3. The normalized spacial score (nSPS) is 10.9. The van der Waals surface area contributed by atoms with Gasteiger partial charge in [-0.25, -0.2) is 9.97 Å². The Hall–Kier alpha value is -2.27. The molecule has 1 aromatic carbocycles. The average molecular weight is 317 g/mol. The fraction of sp³-hybridized carbons (Fsp3) is 0.250. The minimum Gasteiger partial charge on any atom is -0.495 e. The lowest BCUT2D eigenvalue weighted by atomic mass is 10.3. The molecule has 114 valence electrons. The van der Waals surface area contributed by atoms with Gasteiger partial charge in [-0.05, 0) is 12.1 Å². The van der Waals surface area contributed by atoms with Gasteiger partial charge in [-0.3, -0.25) is 0 Å². The van der Waals surface area contributed by atoms with Crippen LogP contribution >= 0.6 is 11.6 Å². The van der Waals surface area contributed by atoms with Crippen molar-refractivity contribution in [2.45, 2.75) is 19.9 Å².